The van der Waals surface area contributed by atoms with Gasteiger partial charge in [-0.25, -0.2) is 0 Å². The quantitative estimate of drug-likeness (QED) is 0.819. The molecule has 16 heavy (non-hydrogen) atoms. The molecule has 1 aliphatic heterocycles. The van der Waals surface area contributed by atoms with Gasteiger partial charge in [-0.15, -0.1) is 0 Å². The van der Waals surface area contributed by atoms with Crippen molar-refractivity contribution in [2.75, 3.05) is 13.1 Å². The number of hydrogen-bond acceptors (Lipinski definition) is 5. The molecule has 0 spiro atoms. The molecule has 1 saturated heterocycles. The van der Waals surface area contributed by atoms with Crippen molar-refractivity contribution in [2.24, 2.45) is 11.7 Å². The van der Waals surface area contributed by atoms with Crippen LogP contribution in [-0.4, -0.2) is 34.2 Å². The lowest BCUT2D eigenvalue weighted by atomic mass is 10.1. The first-order valence-corrected chi connectivity index (χ1v) is 5.94. The van der Waals surface area contributed by atoms with Crippen LogP contribution in [0.4, 0.5) is 0 Å². The summed E-state index contributed by atoms with van der Waals surface area (Å²) in [6, 6.07) is 0.634. The first-order valence-electron chi connectivity index (χ1n) is 5.94. The lowest BCUT2D eigenvalue weighted by molar-refractivity contribution is 0.264. The van der Waals surface area contributed by atoms with Crippen LogP contribution in [0.2, 0.25) is 0 Å². The molecule has 0 saturated carbocycles. The van der Waals surface area contributed by atoms with Gasteiger partial charge in [0.1, 0.15) is 0 Å². The van der Waals surface area contributed by atoms with E-state index in [1.807, 2.05) is 0 Å². The van der Waals surface area contributed by atoms with Gasteiger partial charge in [-0.2, -0.15) is 4.98 Å². The van der Waals surface area contributed by atoms with Crippen molar-refractivity contribution in [2.45, 2.75) is 39.3 Å². The Balaban J connectivity index is 1.87. The molecule has 90 valence electrons. The predicted octanol–water partition coefficient (Wildman–Crippen LogP) is 0.801. The van der Waals surface area contributed by atoms with E-state index in [4.69, 9.17) is 10.3 Å². The smallest absolute Gasteiger partial charge is 0.240 e. The lowest BCUT2D eigenvalue weighted by Gasteiger charge is -2.19. The minimum absolute atomic E-state index is 0.329. The highest BCUT2D eigenvalue weighted by Crippen LogP contribution is 2.21. The highest BCUT2D eigenvalue weighted by Gasteiger charge is 2.25. The number of aromatic nitrogens is 2. The molecule has 0 amide bonds. The Labute approximate surface area is 96.0 Å². The van der Waals surface area contributed by atoms with E-state index >= 15 is 0 Å². The van der Waals surface area contributed by atoms with Crippen LogP contribution >= 0.6 is 0 Å². The Bertz CT molecular complexity index is 336. The van der Waals surface area contributed by atoms with Crippen LogP contribution < -0.4 is 5.73 Å². The van der Waals surface area contributed by atoms with E-state index in [0.717, 1.165) is 18.8 Å². The Morgan fingerprint density at radius 1 is 1.56 bits per heavy atom. The minimum Gasteiger partial charge on any atom is -0.338 e. The lowest BCUT2D eigenvalue weighted by Crippen LogP contribution is -2.28. The molecule has 1 aromatic rings. The average molecular weight is 224 g/mol. The van der Waals surface area contributed by atoms with Crippen LogP contribution in [-0.2, 0) is 13.0 Å². The van der Waals surface area contributed by atoms with E-state index in [0.29, 0.717) is 24.4 Å². The van der Waals surface area contributed by atoms with Crippen LogP contribution in [0, 0.1) is 5.92 Å². The molecule has 0 aromatic carbocycles. The van der Waals surface area contributed by atoms with Crippen molar-refractivity contribution in [1.29, 1.82) is 0 Å². The van der Waals surface area contributed by atoms with E-state index in [1.54, 1.807) is 0 Å². The third-order valence-corrected chi connectivity index (χ3v) is 3.20. The molecule has 1 atom stereocenters. The zero-order valence-corrected chi connectivity index (χ0v) is 10.0. The van der Waals surface area contributed by atoms with Gasteiger partial charge in [0, 0.05) is 19.0 Å². The van der Waals surface area contributed by atoms with Gasteiger partial charge in [-0.05, 0) is 32.7 Å². The summed E-state index contributed by atoms with van der Waals surface area (Å²) in [5.74, 6) is 2.00. The van der Waals surface area contributed by atoms with Crippen LogP contribution in [0.5, 0.6) is 0 Å². The molecule has 1 aromatic heterocycles. The summed E-state index contributed by atoms with van der Waals surface area (Å²) in [6.07, 6.45) is 2.14. The molecular weight excluding hydrogens is 204 g/mol. The number of nitrogens with zero attached hydrogens (tertiary/aromatic N) is 3. The topological polar surface area (TPSA) is 68.2 Å². The molecular formula is C11H20N4O. The summed E-state index contributed by atoms with van der Waals surface area (Å²) < 4.78 is 5.00. The summed E-state index contributed by atoms with van der Waals surface area (Å²) in [5, 5.41) is 3.94. The number of rotatable bonds is 4. The largest absolute Gasteiger partial charge is 0.338 e. The maximum atomic E-state index is 5.43. The zero-order chi connectivity index (χ0) is 11.5. The number of nitrogens with two attached hydrogens (primary N) is 1. The summed E-state index contributed by atoms with van der Waals surface area (Å²) in [6.45, 7) is 7.14. The van der Waals surface area contributed by atoms with Gasteiger partial charge in [0.05, 0.1) is 6.54 Å². The SMILES string of the molecule is CC(C)N1CCC(Cc2noc(CN)n2)C1. The fourth-order valence-electron chi connectivity index (χ4n) is 2.21. The average Bonchev–Trinajstić information content (AvgIpc) is 2.87. The monoisotopic (exact) mass is 224 g/mol. The summed E-state index contributed by atoms with van der Waals surface area (Å²) in [4.78, 5) is 6.74. The second-order valence-corrected chi connectivity index (χ2v) is 4.76. The Hall–Kier alpha value is -0.940. The second kappa shape index (κ2) is 4.93. The van der Waals surface area contributed by atoms with Gasteiger partial charge >= 0.3 is 0 Å². The van der Waals surface area contributed by atoms with Gasteiger partial charge in [-0.3, -0.25) is 0 Å². The zero-order valence-electron chi connectivity index (χ0n) is 10.0. The standard InChI is InChI=1S/C11H20N4O/c1-8(2)15-4-3-9(7-15)5-10-13-11(6-12)16-14-10/h8-9H,3-7,12H2,1-2H3. The highest BCUT2D eigenvalue weighted by molar-refractivity contribution is 4.91. The molecule has 1 aliphatic rings. The third kappa shape index (κ3) is 2.59. The van der Waals surface area contributed by atoms with E-state index in [1.165, 1.54) is 13.0 Å². The van der Waals surface area contributed by atoms with Crippen LogP contribution in [0.15, 0.2) is 4.52 Å². The fourth-order valence-corrected chi connectivity index (χ4v) is 2.21. The maximum Gasteiger partial charge on any atom is 0.240 e. The summed E-state index contributed by atoms with van der Waals surface area (Å²) in [7, 11) is 0. The maximum absolute atomic E-state index is 5.43. The van der Waals surface area contributed by atoms with Gasteiger partial charge in [-0.1, -0.05) is 5.16 Å². The molecule has 2 rings (SSSR count). The Morgan fingerprint density at radius 2 is 2.38 bits per heavy atom. The van der Waals surface area contributed by atoms with Crippen molar-refractivity contribution < 1.29 is 4.52 Å². The van der Waals surface area contributed by atoms with Crippen LogP contribution in [0.3, 0.4) is 0 Å². The second-order valence-electron chi connectivity index (χ2n) is 4.76. The Kier molecular flexibility index (Phi) is 3.56. The van der Waals surface area contributed by atoms with Gasteiger partial charge in [0.15, 0.2) is 5.82 Å². The molecule has 2 heterocycles. The molecule has 2 N–H and O–H groups in total. The number of hydrogen-bond donors (Lipinski definition) is 1. The predicted molar refractivity (Wildman–Crippen MR) is 60.7 cm³/mol. The molecule has 5 heteroatoms. The molecule has 1 fully saturated rings. The normalized spacial score (nSPS) is 22.1. The van der Waals surface area contributed by atoms with E-state index < -0.39 is 0 Å². The van der Waals surface area contributed by atoms with Gasteiger partial charge in [0.25, 0.3) is 0 Å². The summed E-state index contributed by atoms with van der Waals surface area (Å²) >= 11 is 0. The Morgan fingerprint density at radius 3 is 2.94 bits per heavy atom. The summed E-state index contributed by atoms with van der Waals surface area (Å²) in [5.41, 5.74) is 5.43. The molecule has 0 radical (unpaired) electrons. The van der Waals surface area contributed by atoms with Crippen molar-refractivity contribution in [3.63, 3.8) is 0 Å². The first-order chi connectivity index (χ1) is 7.69. The molecule has 0 aliphatic carbocycles. The van der Waals surface area contributed by atoms with Crippen molar-refractivity contribution >= 4 is 0 Å². The van der Waals surface area contributed by atoms with Gasteiger partial charge < -0.3 is 15.2 Å². The molecule has 1 unspecified atom stereocenters. The molecule has 5 nitrogen and oxygen atoms in total. The minimum atomic E-state index is 0.329. The fraction of sp³-hybridized carbons (Fsp3) is 0.818. The first kappa shape index (κ1) is 11.5. The third-order valence-electron chi connectivity index (χ3n) is 3.20. The van der Waals surface area contributed by atoms with Crippen molar-refractivity contribution in [3.8, 4) is 0 Å². The van der Waals surface area contributed by atoms with E-state index in [-0.39, 0.29) is 0 Å². The number of likely N-dealkylation sites (tertiary alicyclic amines) is 1. The van der Waals surface area contributed by atoms with Crippen LogP contribution in [0.25, 0.3) is 0 Å². The van der Waals surface area contributed by atoms with Crippen LogP contribution in [0.1, 0.15) is 32.0 Å². The molecule has 0 bridgehead atoms. The van der Waals surface area contributed by atoms with E-state index in [9.17, 15) is 0 Å². The van der Waals surface area contributed by atoms with Crippen molar-refractivity contribution in [3.05, 3.63) is 11.7 Å². The highest BCUT2D eigenvalue weighted by atomic mass is 16.5. The van der Waals surface area contributed by atoms with Crippen molar-refractivity contribution in [1.82, 2.24) is 15.0 Å². The van der Waals surface area contributed by atoms with E-state index in [2.05, 4.69) is 28.9 Å². The van der Waals surface area contributed by atoms with Gasteiger partial charge in [0.2, 0.25) is 5.89 Å².